The molecular weight excluding hydrogens is 227 g/mol. The molecule has 50 valence electrons. The minimum absolute atomic E-state index is 0.210. The van der Waals surface area contributed by atoms with Crippen LogP contribution in [0.5, 0.6) is 0 Å². The normalized spacial score (nSPS) is 28.2. The molecule has 0 saturated carbocycles. The van der Waals surface area contributed by atoms with Crippen LogP contribution >= 0.6 is 22.6 Å². The number of nitriles is 1. The van der Waals surface area contributed by atoms with Gasteiger partial charge in [0.05, 0.1) is 16.7 Å². The van der Waals surface area contributed by atoms with Crippen molar-refractivity contribution in [2.24, 2.45) is 0 Å². The summed E-state index contributed by atoms with van der Waals surface area (Å²) in [5.41, 5.74) is 0. The van der Waals surface area contributed by atoms with Gasteiger partial charge in [0.15, 0.2) is 0 Å². The van der Waals surface area contributed by atoms with Crippen molar-refractivity contribution >= 4 is 22.6 Å². The van der Waals surface area contributed by atoms with Crippen molar-refractivity contribution in [3.05, 3.63) is 0 Å². The first kappa shape index (κ1) is 7.29. The van der Waals surface area contributed by atoms with E-state index in [0.29, 0.717) is 0 Å². The molecule has 1 heterocycles. The summed E-state index contributed by atoms with van der Waals surface area (Å²) >= 11 is 2.30. The summed E-state index contributed by atoms with van der Waals surface area (Å²) < 4.78 is 0.996. The van der Waals surface area contributed by atoms with Gasteiger partial charge < -0.3 is 0 Å². The lowest BCUT2D eigenvalue weighted by Crippen LogP contribution is -2.26. The van der Waals surface area contributed by atoms with Crippen molar-refractivity contribution in [2.45, 2.75) is 18.9 Å². The molecule has 1 saturated heterocycles. The Balaban J connectivity index is 2.44. The fourth-order valence-electron chi connectivity index (χ4n) is 1.12. The molecule has 0 amide bonds. The van der Waals surface area contributed by atoms with Crippen molar-refractivity contribution in [1.29, 1.82) is 5.26 Å². The van der Waals surface area contributed by atoms with Crippen LogP contribution in [0.25, 0.3) is 0 Å². The molecule has 9 heavy (non-hydrogen) atoms. The molecule has 0 aliphatic carbocycles. The van der Waals surface area contributed by atoms with E-state index in [-0.39, 0.29) is 6.04 Å². The number of hydrogen-bond acceptors (Lipinski definition) is 2. The van der Waals surface area contributed by atoms with Gasteiger partial charge >= 0.3 is 0 Å². The standard InChI is InChI=1S/C6H9IN2/c7-5-9-3-1-2-6(9)4-8/h6H,1-3,5H2. The number of halogens is 1. The molecule has 1 aliphatic heterocycles. The minimum Gasteiger partial charge on any atom is -0.279 e. The zero-order chi connectivity index (χ0) is 6.69. The summed E-state index contributed by atoms with van der Waals surface area (Å²) in [7, 11) is 0. The second-order valence-corrected chi connectivity index (χ2v) is 2.90. The van der Waals surface area contributed by atoms with E-state index in [1.54, 1.807) is 0 Å². The molecule has 1 rings (SSSR count). The monoisotopic (exact) mass is 236 g/mol. The second-order valence-electron chi connectivity index (χ2n) is 2.22. The Morgan fingerprint density at radius 1 is 1.78 bits per heavy atom. The zero-order valence-corrected chi connectivity index (χ0v) is 7.34. The molecule has 0 spiro atoms. The lowest BCUT2D eigenvalue weighted by Gasteiger charge is -2.13. The van der Waals surface area contributed by atoms with Crippen LogP contribution in [-0.2, 0) is 0 Å². The molecule has 1 aliphatic rings. The number of likely N-dealkylation sites (tertiary alicyclic amines) is 1. The largest absolute Gasteiger partial charge is 0.279 e. The summed E-state index contributed by atoms with van der Waals surface area (Å²) in [6.07, 6.45) is 2.26. The maximum Gasteiger partial charge on any atom is 0.0984 e. The Bertz CT molecular complexity index is 130. The van der Waals surface area contributed by atoms with Crippen LogP contribution in [0.4, 0.5) is 0 Å². The molecule has 1 atom stereocenters. The number of nitrogens with zero attached hydrogens (tertiary/aromatic N) is 2. The third-order valence-corrected chi connectivity index (χ3v) is 2.54. The Morgan fingerprint density at radius 2 is 2.56 bits per heavy atom. The molecule has 0 aromatic heterocycles. The summed E-state index contributed by atoms with van der Waals surface area (Å²) in [5.74, 6) is 0. The molecule has 0 aromatic rings. The average Bonchev–Trinajstić information content (AvgIpc) is 2.33. The lowest BCUT2D eigenvalue weighted by molar-refractivity contribution is 0.356. The highest BCUT2D eigenvalue weighted by atomic mass is 127. The van der Waals surface area contributed by atoms with Crippen molar-refractivity contribution < 1.29 is 0 Å². The summed E-state index contributed by atoms with van der Waals surface area (Å²) in [6.45, 7) is 1.11. The Kier molecular flexibility index (Phi) is 2.73. The second kappa shape index (κ2) is 3.37. The smallest absolute Gasteiger partial charge is 0.0984 e. The first-order valence-corrected chi connectivity index (χ1v) is 4.60. The predicted octanol–water partition coefficient (Wildman–Crippen LogP) is 1.37. The summed E-state index contributed by atoms with van der Waals surface area (Å²) in [6, 6.07) is 2.50. The fourth-order valence-corrected chi connectivity index (χ4v) is 1.93. The molecule has 0 bridgehead atoms. The molecular formula is C6H9IN2. The molecule has 0 aromatic carbocycles. The number of alkyl halides is 1. The quantitative estimate of drug-likeness (QED) is 0.390. The van der Waals surface area contributed by atoms with Crippen molar-refractivity contribution in [2.75, 3.05) is 11.1 Å². The van der Waals surface area contributed by atoms with E-state index < -0.39 is 0 Å². The van der Waals surface area contributed by atoms with Crippen molar-refractivity contribution in [3.63, 3.8) is 0 Å². The Labute approximate surface area is 69.0 Å². The average molecular weight is 236 g/mol. The molecule has 1 fully saturated rings. The van der Waals surface area contributed by atoms with E-state index >= 15 is 0 Å². The maximum absolute atomic E-state index is 8.57. The van der Waals surface area contributed by atoms with Gasteiger partial charge in [-0.2, -0.15) is 5.26 Å². The molecule has 1 unspecified atom stereocenters. The van der Waals surface area contributed by atoms with Gasteiger partial charge in [-0.3, -0.25) is 4.90 Å². The van der Waals surface area contributed by atoms with Crippen molar-refractivity contribution in [3.8, 4) is 6.07 Å². The van der Waals surface area contributed by atoms with E-state index in [4.69, 9.17) is 5.26 Å². The first-order chi connectivity index (χ1) is 4.38. The summed E-state index contributed by atoms with van der Waals surface area (Å²) in [4.78, 5) is 2.21. The van der Waals surface area contributed by atoms with Gasteiger partial charge in [-0.05, 0) is 12.8 Å². The van der Waals surface area contributed by atoms with Crippen LogP contribution in [0.2, 0.25) is 0 Å². The van der Waals surface area contributed by atoms with Crippen LogP contribution in [0.1, 0.15) is 12.8 Å². The fraction of sp³-hybridized carbons (Fsp3) is 0.833. The highest BCUT2D eigenvalue weighted by molar-refractivity contribution is 14.1. The van der Waals surface area contributed by atoms with E-state index in [1.807, 2.05) is 0 Å². The van der Waals surface area contributed by atoms with Crippen LogP contribution in [-0.4, -0.2) is 22.0 Å². The van der Waals surface area contributed by atoms with Crippen molar-refractivity contribution in [1.82, 2.24) is 4.90 Å². The van der Waals surface area contributed by atoms with Gasteiger partial charge in [-0.15, -0.1) is 0 Å². The maximum atomic E-state index is 8.57. The topological polar surface area (TPSA) is 27.0 Å². The van der Waals surface area contributed by atoms with Crippen LogP contribution < -0.4 is 0 Å². The lowest BCUT2D eigenvalue weighted by atomic mass is 10.2. The molecule has 0 N–H and O–H groups in total. The van der Waals surface area contributed by atoms with Crippen LogP contribution in [0, 0.1) is 11.3 Å². The molecule has 3 heteroatoms. The first-order valence-electron chi connectivity index (χ1n) is 3.08. The Hall–Kier alpha value is 0.180. The highest BCUT2D eigenvalue weighted by Crippen LogP contribution is 2.16. The molecule has 0 radical (unpaired) electrons. The third kappa shape index (κ3) is 1.55. The summed E-state index contributed by atoms with van der Waals surface area (Å²) in [5, 5.41) is 8.57. The van der Waals surface area contributed by atoms with E-state index in [0.717, 1.165) is 17.5 Å². The van der Waals surface area contributed by atoms with E-state index in [2.05, 4.69) is 33.6 Å². The van der Waals surface area contributed by atoms with E-state index in [9.17, 15) is 0 Å². The number of rotatable bonds is 1. The Morgan fingerprint density at radius 3 is 3.00 bits per heavy atom. The van der Waals surface area contributed by atoms with Gasteiger partial charge in [0.25, 0.3) is 0 Å². The van der Waals surface area contributed by atoms with Gasteiger partial charge in [0.1, 0.15) is 0 Å². The predicted molar refractivity (Wildman–Crippen MR) is 44.2 cm³/mol. The van der Waals surface area contributed by atoms with Gasteiger partial charge in [0, 0.05) is 6.54 Å². The highest BCUT2D eigenvalue weighted by Gasteiger charge is 2.22. The minimum atomic E-state index is 0.210. The SMILES string of the molecule is N#CC1CCCN1CI. The molecule has 2 nitrogen and oxygen atoms in total. The van der Waals surface area contributed by atoms with Gasteiger partial charge in [-0.1, -0.05) is 22.6 Å². The van der Waals surface area contributed by atoms with E-state index in [1.165, 1.54) is 6.42 Å². The van der Waals surface area contributed by atoms with Crippen LogP contribution in [0.15, 0.2) is 0 Å². The zero-order valence-electron chi connectivity index (χ0n) is 5.18. The van der Waals surface area contributed by atoms with Gasteiger partial charge in [-0.25, -0.2) is 0 Å². The van der Waals surface area contributed by atoms with Gasteiger partial charge in [0.2, 0.25) is 0 Å². The van der Waals surface area contributed by atoms with Crippen LogP contribution in [0.3, 0.4) is 0 Å². The third-order valence-electron chi connectivity index (χ3n) is 1.67. The number of hydrogen-bond donors (Lipinski definition) is 0.